The molecule has 0 unspecified atom stereocenters. The van der Waals surface area contributed by atoms with Gasteiger partial charge in [0, 0.05) is 48.4 Å². The fraction of sp³-hybridized carbons (Fsp3) is 0.194. The van der Waals surface area contributed by atoms with E-state index >= 15 is 0 Å². The number of hydrogen-bond donors (Lipinski definition) is 1. The molecule has 8 nitrogen and oxygen atoms in total. The summed E-state index contributed by atoms with van der Waals surface area (Å²) in [5.74, 6) is 0.436. The Hall–Kier alpha value is -4.69. The van der Waals surface area contributed by atoms with E-state index in [0.717, 1.165) is 71.5 Å². The lowest BCUT2D eigenvalue weighted by Crippen LogP contribution is -2.34. The Morgan fingerprint density at radius 3 is 2.46 bits per heavy atom. The van der Waals surface area contributed by atoms with E-state index in [1.54, 1.807) is 6.20 Å². The predicted molar refractivity (Wildman–Crippen MR) is 154 cm³/mol. The Balaban J connectivity index is 1.09. The number of nitrogens with two attached hydrogens (primary N) is 1. The van der Waals surface area contributed by atoms with Crippen LogP contribution in [-0.4, -0.2) is 47.5 Å². The maximum absolute atomic E-state index is 5.97. The summed E-state index contributed by atoms with van der Waals surface area (Å²) in [5, 5.41) is 1.04. The van der Waals surface area contributed by atoms with Gasteiger partial charge >= 0.3 is 0 Å². The van der Waals surface area contributed by atoms with Gasteiger partial charge in [-0.2, -0.15) is 0 Å². The first-order valence-electron chi connectivity index (χ1n) is 13.3. The molecular weight excluding hydrogens is 484 g/mol. The first-order chi connectivity index (χ1) is 19.2. The monoisotopic (exact) mass is 512 g/mol. The van der Waals surface area contributed by atoms with Crippen LogP contribution in [0.4, 0.5) is 5.82 Å². The second kappa shape index (κ2) is 9.89. The van der Waals surface area contributed by atoms with E-state index in [9.17, 15) is 0 Å². The minimum Gasteiger partial charge on any atom is -0.382 e. The van der Waals surface area contributed by atoms with Gasteiger partial charge in [-0.3, -0.25) is 4.90 Å². The number of nitrogens with zero attached hydrogens (tertiary/aromatic N) is 7. The van der Waals surface area contributed by atoms with E-state index < -0.39 is 0 Å². The van der Waals surface area contributed by atoms with Crippen LogP contribution >= 0.6 is 0 Å². The van der Waals surface area contributed by atoms with Crippen molar-refractivity contribution >= 4 is 28.0 Å². The molecule has 2 N–H and O–H groups in total. The molecule has 0 atom stereocenters. The molecule has 4 aromatic heterocycles. The summed E-state index contributed by atoms with van der Waals surface area (Å²) in [6, 6.07) is 25.9. The molecule has 0 saturated carbocycles. The van der Waals surface area contributed by atoms with Crippen molar-refractivity contribution in [2.24, 2.45) is 0 Å². The van der Waals surface area contributed by atoms with Crippen molar-refractivity contribution < 1.29 is 0 Å². The maximum atomic E-state index is 5.97. The SMILES string of the molecule is Nc1ncnc2c1ncn2C1CCN(Cc2ccc(-c3nc4ncccc4cc3-c3ccccc3)cc2)CC1. The van der Waals surface area contributed by atoms with Crippen molar-refractivity contribution in [2.45, 2.75) is 25.4 Å². The molecule has 1 saturated heterocycles. The third-order valence-electron chi connectivity index (χ3n) is 7.65. The highest BCUT2D eigenvalue weighted by Crippen LogP contribution is 2.33. The van der Waals surface area contributed by atoms with Crippen LogP contribution in [0.3, 0.4) is 0 Å². The van der Waals surface area contributed by atoms with Gasteiger partial charge in [0.05, 0.1) is 12.0 Å². The van der Waals surface area contributed by atoms with Crippen LogP contribution in [0.25, 0.3) is 44.6 Å². The Kier molecular flexibility index (Phi) is 5.94. The number of piperidine rings is 1. The molecule has 7 rings (SSSR count). The van der Waals surface area contributed by atoms with Crippen LogP contribution in [0.1, 0.15) is 24.4 Å². The Morgan fingerprint density at radius 1 is 0.821 bits per heavy atom. The van der Waals surface area contributed by atoms with Crippen molar-refractivity contribution in [1.82, 2.24) is 34.4 Å². The number of fused-ring (bicyclic) bond motifs is 2. The number of nitrogen functional groups attached to an aromatic ring is 1. The molecule has 1 aliphatic rings. The number of rotatable bonds is 5. The lowest BCUT2D eigenvalue weighted by Gasteiger charge is -2.32. The summed E-state index contributed by atoms with van der Waals surface area (Å²) in [6.07, 6.45) is 7.26. The van der Waals surface area contributed by atoms with Gasteiger partial charge in [-0.25, -0.2) is 24.9 Å². The molecule has 0 bridgehead atoms. The van der Waals surface area contributed by atoms with Crippen LogP contribution in [0, 0.1) is 0 Å². The van der Waals surface area contributed by atoms with Gasteiger partial charge in [-0.15, -0.1) is 0 Å². The number of hydrogen-bond acceptors (Lipinski definition) is 7. The highest BCUT2D eigenvalue weighted by Gasteiger charge is 2.23. The van der Waals surface area contributed by atoms with Gasteiger partial charge in [0.15, 0.2) is 17.1 Å². The van der Waals surface area contributed by atoms with E-state index in [1.807, 2.05) is 18.5 Å². The lowest BCUT2D eigenvalue weighted by atomic mass is 9.97. The third kappa shape index (κ3) is 4.49. The van der Waals surface area contributed by atoms with E-state index in [-0.39, 0.29) is 0 Å². The minimum atomic E-state index is 0.368. The van der Waals surface area contributed by atoms with Gasteiger partial charge in [0.2, 0.25) is 0 Å². The second-order valence-corrected chi connectivity index (χ2v) is 10.1. The molecule has 0 spiro atoms. The van der Waals surface area contributed by atoms with Gasteiger partial charge < -0.3 is 10.3 Å². The van der Waals surface area contributed by atoms with Crippen LogP contribution in [-0.2, 0) is 6.54 Å². The molecular formula is C31H28N8. The molecule has 192 valence electrons. The summed E-state index contributed by atoms with van der Waals surface area (Å²) in [6.45, 7) is 2.95. The van der Waals surface area contributed by atoms with Crippen LogP contribution in [0.15, 0.2) is 91.6 Å². The fourth-order valence-corrected chi connectivity index (χ4v) is 5.58. The van der Waals surface area contributed by atoms with Gasteiger partial charge in [-0.1, -0.05) is 54.6 Å². The second-order valence-electron chi connectivity index (χ2n) is 10.1. The quantitative estimate of drug-likeness (QED) is 0.325. The minimum absolute atomic E-state index is 0.368. The van der Waals surface area contributed by atoms with Crippen molar-refractivity contribution in [3.63, 3.8) is 0 Å². The average Bonchev–Trinajstić information content (AvgIpc) is 3.43. The molecule has 1 aliphatic heterocycles. The molecule has 2 aromatic carbocycles. The van der Waals surface area contributed by atoms with Gasteiger partial charge in [0.1, 0.15) is 11.8 Å². The van der Waals surface area contributed by atoms with E-state index in [0.29, 0.717) is 17.4 Å². The topological polar surface area (TPSA) is 98.6 Å². The zero-order valence-electron chi connectivity index (χ0n) is 21.5. The first kappa shape index (κ1) is 23.4. The standard InChI is InChI=1S/C31H28N8/c32-29-28-31(35-19-34-29)39(20-36-28)25-12-15-38(16-13-25)18-21-8-10-23(11-9-21)27-26(22-5-2-1-3-6-22)17-24-7-4-14-33-30(24)37-27/h1-11,14,17,19-20,25H,12-13,15-16,18H2,(H2,32,34,35). The summed E-state index contributed by atoms with van der Waals surface area (Å²) < 4.78 is 2.16. The predicted octanol–water partition coefficient (Wildman–Crippen LogP) is 5.52. The van der Waals surface area contributed by atoms with Crippen molar-refractivity contribution in [3.05, 3.63) is 97.2 Å². The molecule has 6 aromatic rings. The molecule has 8 heteroatoms. The summed E-state index contributed by atoms with van der Waals surface area (Å²) >= 11 is 0. The lowest BCUT2D eigenvalue weighted by molar-refractivity contribution is 0.181. The van der Waals surface area contributed by atoms with Crippen LogP contribution in [0.5, 0.6) is 0 Å². The number of anilines is 1. The normalized spacial score (nSPS) is 14.8. The maximum Gasteiger partial charge on any atom is 0.165 e. The molecule has 0 amide bonds. The number of pyridine rings is 2. The van der Waals surface area contributed by atoms with Crippen LogP contribution < -0.4 is 5.73 Å². The van der Waals surface area contributed by atoms with Gasteiger partial charge in [-0.05, 0) is 42.2 Å². The van der Waals surface area contributed by atoms with Gasteiger partial charge in [0.25, 0.3) is 0 Å². The molecule has 1 fully saturated rings. The number of imidazole rings is 1. The Bertz CT molecular complexity index is 1750. The number of likely N-dealkylation sites (tertiary alicyclic amines) is 1. The molecule has 0 aliphatic carbocycles. The first-order valence-corrected chi connectivity index (χ1v) is 13.3. The third-order valence-corrected chi connectivity index (χ3v) is 7.65. The van der Waals surface area contributed by atoms with Crippen LogP contribution in [0.2, 0.25) is 0 Å². The van der Waals surface area contributed by atoms with E-state index in [1.165, 1.54) is 11.9 Å². The number of benzene rings is 2. The van der Waals surface area contributed by atoms with Crippen molar-refractivity contribution in [1.29, 1.82) is 0 Å². The Labute approximate surface area is 226 Å². The van der Waals surface area contributed by atoms with Crippen molar-refractivity contribution in [2.75, 3.05) is 18.8 Å². The largest absolute Gasteiger partial charge is 0.382 e. The highest BCUT2D eigenvalue weighted by molar-refractivity contribution is 5.90. The van der Waals surface area contributed by atoms with E-state index in [4.69, 9.17) is 10.7 Å². The number of aromatic nitrogens is 6. The zero-order valence-corrected chi connectivity index (χ0v) is 21.5. The zero-order chi connectivity index (χ0) is 26.2. The Morgan fingerprint density at radius 2 is 1.64 bits per heavy atom. The summed E-state index contributed by atoms with van der Waals surface area (Å²) in [5.41, 5.74) is 13.9. The van der Waals surface area contributed by atoms with Crippen molar-refractivity contribution in [3.8, 4) is 22.4 Å². The average molecular weight is 513 g/mol. The summed E-state index contributed by atoms with van der Waals surface area (Å²) in [4.78, 5) is 24.9. The summed E-state index contributed by atoms with van der Waals surface area (Å²) in [7, 11) is 0. The van der Waals surface area contributed by atoms with E-state index in [2.05, 4.69) is 90.1 Å². The smallest absolute Gasteiger partial charge is 0.165 e. The molecule has 5 heterocycles. The highest BCUT2D eigenvalue weighted by atomic mass is 15.2. The molecule has 0 radical (unpaired) electrons. The fourth-order valence-electron chi connectivity index (χ4n) is 5.58. The molecule has 39 heavy (non-hydrogen) atoms.